The molecule has 1 atom stereocenters. The third kappa shape index (κ3) is 6.20. The summed E-state index contributed by atoms with van der Waals surface area (Å²) in [4.78, 5) is 13.2. The van der Waals surface area contributed by atoms with Gasteiger partial charge in [-0.3, -0.25) is 10.3 Å². The van der Waals surface area contributed by atoms with Crippen LogP contribution >= 0.6 is 11.6 Å². The highest BCUT2D eigenvalue weighted by Gasteiger charge is 2.14. The highest BCUT2D eigenvalue weighted by atomic mass is 35.5. The topological polar surface area (TPSA) is 90.4 Å². The molecule has 2 N–H and O–H groups in total. The lowest BCUT2D eigenvalue weighted by Crippen LogP contribution is -2.37. The zero-order valence-electron chi connectivity index (χ0n) is 19.8. The normalized spacial score (nSPS) is 15.5. The first-order chi connectivity index (χ1) is 17.8. The second kappa shape index (κ2) is 12.0. The molecule has 0 bridgehead atoms. The molecule has 4 aromatic rings. The summed E-state index contributed by atoms with van der Waals surface area (Å²) in [5, 5.41) is 8.05. The van der Waals surface area contributed by atoms with E-state index >= 15 is 0 Å². The molecular formula is C27H28ClN5O3. The number of aromatic nitrogens is 3. The third-order valence-corrected chi connectivity index (χ3v) is 6.13. The molecule has 0 amide bonds. The van der Waals surface area contributed by atoms with Crippen molar-refractivity contribution in [3.63, 3.8) is 0 Å². The van der Waals surface area contributed by atoms with Gasteiger partial charge in [-0.2, -0.15) is 0 Å². The number of anilines is 2. The molecule has 5 rings (SSSR count). The molecule has 1 fully saturated rings. The maximum absolute atomic E-state index is 6.50. The molecule has 0 saturated carbocycles. The summed E-state index contributed by atoms with van der Waals surface area (Å²) in [7, 11) is 0. The molecule has 2 aromatic carbocycles. The molecule has 1 unspecified atom stereocenters. The summed E-state index contributed by atoms with van der Waals surface area (Å²) in [6, 6.07) is 17.0. The van der Waals surface area contributed by atoms with Gasteiger partial charge in [-0.05, 0) is 61.7 Å². The molecule has 1 aliphatic rings. The number of nitrogens with one attached hydrogen (secondary N) is 2. The Bertz CT molecular complexity index is 1280. The van der Waals surface area contributed by atoms with Crippen molar-refractivity contribution in [2.24, 2.45) is 0 Å². The largest absolute Gasteiger partial charge is 0.491 e. The summed E-state index contributed by atoms with van der Waals surface area (Å²) >= 11 is 6.50. The van der Waals surface area contributed by atoms with Crippen LogP contribution in [0.3, 0.4) is 0 Å². The minimum absolute atomic E-state index is 0.107. The fraction of sp³-hybridized carbons (Fsp3) is 0.296. The Morgan fingerprint density at radius 1 is 0.972 bits per heavy atom. The van der Waals surface area contributed by atoms with Gasteiger partial charge in [0.2, 0.25) is 0 Å². The van der Waals surface area contributed by atoms with Gasteiger partial charge in [-0.15, -0.1) is 0 Å². The number of hydrogen-bond acceptors (Lipinski definition) is 8. The second-order valence-electron chi connectivity index (χ2n) is 8.41. The highest BCUT2D eigenvalue weighted by molar-refractivity contribution is 6.32. The summed E-state index contributed by atoms with van der Waals surface area (Å²) in [5.41, 5.74) is 2.39. The van der Waals surface area contributed by atoms with Gasteiger partial charge >= 0.3 is 0 Å². The summed E-state index contributed by atoms with van der Waals surface area (Å²) in [6.45, 7) is 2.34. The van der Waals surface area contributed by atoms with E-state index in [4.69, 9.17) is 25.8 Å². The van der Waals surface area contributed by atoms with Gasteiger partial charge in [-0.1, -0.05) is 23.7 Å². The SMILES string of the molecule is Clc1cc(Nc2ncnc3cccc(OCCNC4CCCCO4)c23)ccc1OCc1ccccn1. The average molecular weight is 506 g/mol. The highest BCUT2D eigenvalue weighted by Crippen LogP contribution is 2.34. The molecule has 186 valence electrons. The van der Waals surface area contributed by atoms with E-state index in [0.29, 0.717) is 42.1 Å². The van der Waals surface area contributed by atoms with Crippen LogP contribution in [0, 0.1) is 0 Å². The van der Waals surface area contributed by atoms with E-state index in [0.717, 1.165) is 41.7 Å². The number of halogens is 1. The number of ether oxygens (including phenoxy) is 3. The predicted molar refractivity (Wildman–Crippen MR) is 140 cm³/mol. The summed E-state index contributed by atoms with van der Waals surface area (Å²) in [5.74, 6) is 1.93. The maximum Gasteiger partial charge on any atom is 0.145 e. The van der Waals surface area contributed by atoms with Crippen LogP contribution < -0.4 is 20.1 Å². The lowest BCUT2D eigenvalue weighted by atomic mass is 10.2. The van der Waals surface area contributed by atoms with Gasteiger partial charge < -0.3 is 19.5 Å². The smallest absolute Gasteiger partial charge is 0.145 e. The van der Waals surface area contributed by atoms with Crippen LogP contribution in [0.1, 0.15) is 25.0 Å². The standard InChI is InChI=1S/C27H28ClN5O3/c28-21-16-19(10-11-23(21)36-17-20-6-1-3-12-29-20)33-27-26-22(31-18-32-27)7-5-8-24(26)34-15-13-30-25-9-2-4-14-35-25/h1,3,5-8,10-12,16,18,25,30H,2,4,9,13-15,17H2,(H,31,32,33). The van der Waals surface area contributed by atoms with Gasteiger partial charge in [0.1, 0.15) is 43.1 Å². The fourth-order valence-corrected chi connectivity index (χ4v) is 4.28. The van der Waals surface area contributed by atoms with Gasteiger partial charge in [0.15, 0.2) is 0 Å². The van der Waals surface area contributed by atoms with Crippen LogP contribution in [0.15, 0.2) is 67.1 Å². The second-order valence-corrected chi connectivity index (χ2v) is 8.82. The van der Waals surface area contributed by atoms with Crippen molar-refractivity contribution in [2.45, 2.75) is 32.1 Å². The number of hydrogen-bond donors (Lipinski definition) is 2. The quantitative estimate of drug-likeness (QED) is 0.273. The van der Waals surface area contributed by atoms with E-state index in [1.807, 2.05) is 48.5 Å². The molecule has 1 saturated heterocycles. The number of nitrogens with zero attached hydrogens (tertiary/aromatic N) is 3. The van der Waals surface area contributed by atoms with Crippen molar-refractivity contribution in [3.05, 3.63) is 77.8 Å². The van der Waals surface area contributed by atoms with Crippen molar-refractivity contribution in [2.75, 3.05) is 25.1 Å². The van der Waals surface area contributed by atoms with Crippen molar-refractivity contribution in [3.8, 4) is 11.5 Å². The Morgan fingerprint density at radius 3 is 2.78 bits per heavy atom. The van der Waals surface area contributed by atoms with Crippen LogP contribution in [0.25, 0.3) is 10.9 Å². The number of rotatable bonds is 10. The first-order valence-electron chi connectivity index (χ1n) is 12.1. The fourth-order valence-electron chi connectivity index (χ4n) is 4.04. The Morgan fingerprint density at radius 2 is 1.94 bits per heavy atom. The molecule has 36 heavy (non-hydrogen) atoms. The summed E-state index contributed by atoms with van der Waals surface area (Å²) in [6.07, 6.45) is 6.73. The molecule has 9 heteroatoms. The van der Waals surface area contributed by atoms with Crippen molar-refractivity contribution >= 4 is 34.0 Å². The average Bonchev–Trinajstić information content (AvgIpc) is 2.92. The van der Waals surface area contributed by atoms with Crippen LogP contribution in [0.5, 0.6) is 11.5 Å². The zero-order valence-corrected chi connectivity index (χ0v) is 20.6. The monoisotopic (exact) mass is 505 g/mol. The lowest BCUT2D eigenvalue weighted by molar-refractivity contribution is -0.00660. The molecular weight excluding hydrogens is 478 g/mol. The number of pyridine rings is 1. The van der Waals surface area contributed by atoms with Crippen molar-refractivity contribution in [1.29, 1.82) is 0 Å². The molecule has 3 heterocycles. The van der Waals surface area contributed by atoms with Gasteiger partial charge in [0, 0.05) is 25.0 Å². The Kier molecular flexibility index (Phi) is 8.07. The third-order valence-electron chi connectivity index (χ3n) is 5.83. The van der Waals surface area contributed by atoms with Crippen molar-refractivity contribution in [1.82, 2.24) is 20.3 Å². The molecule has 2 aromatic heterocycles. The van der Waals surface area contributed by atoms with Crippen molar-refractivity contribution < 1.29 is 14.2 Å². The zero-order chi connectivity index (χ0) is 24.6. The van der Waals surface area contributed by atoms with Crippen LogP contribution in [-0.4, -0.2) is 40.9 Å². The number of fused-ring (bicyclic) bond motifs is 1. The van der Waals surface area contributed by atoms with Gasteiger partial charge in [0.25, 0.3) is 0 Å². The van der Waals surface area contributed by atoms with Gasteiger partial charge in [0.05, 0.1) is 21.6 Å². The van der Waals surface area contributed by atoms with E-state index in [1.165, 1.54) is 12.7 Å². The van der Waals surface area contributed by atoms with Crippen LogP contribution in [0.2, 0.25) is 5.02 Å². The molecule has 1 aliphatic heterocycles. The van der Waals surface area contributed by atoms with E-state index in [-0.39, 0.29) is 6.23 Å². The Labute approximate surface area is 215 Å². The Balaban J connectivity index is 1.26. The van der Waals surface area contributed by atoms with E-state index in [9.17, 15) is 0 Å². The molecule has 0 aliphatic carbocycles. The first kappa shape index (κ1) is 24.2. The molecule has 0 spiro atoms. The Hall–Kier alpha value is -3.46. The lowest BCUT2D eigenvalue weighted by Gasteiger charge is -2.23. The minimum atomic E-state index is 0.107. The first-order valence-corrected chi connectivity index (χ1v) is 12.4. The van der Waals surface area contributed by atoms with E-state index in [1.54, 1.807) is 12.3 Å². The van der Waals surface area contributed by atoms with Crippen LogP contribution in [0.4, 0.5) is 11.5 Å². The minimum Gasteiger partial charge on any atom is -0.491 e. The van der Waals surface area contributed by atoms with E-state index in [2.05, 4.69) is 25.6 Å². The molecule has 0 radical (unpaired) electrons. The predicted octanol–water partition coefficient (Wildman–Crippen LogP) is 5.50. The van der Waals surface area contributed by atoms with Crippen LogP contribution in [-0.2, 0) is 11.3 Å². The molecule has 8 nitrogen and oxygen atoms in total. The maximum atomic E-state index is 6.50. The van der Waals surface area contributed by atoms with Gasteiger partial charge in [-0.25, -0.2) is 9.97 Å². The summed E-state index contributed by atoms with van der Waals surface area (Å²) < 4.78 is 17.7. The number of benzene rings is 2. The van der Waals surface area contributed by atoms with E-state index < -0.39 is 0 Å².